The van der Waals surface area contributed by atoms with Crippen molar-refractivity contribution in [2.45, 2.75) is 32.1 Å². The first-order valence-electron chi connectivity index (χ1n) is 9.58. The Hall–Kier alpha value is -1.74. The van der Waals surface area contributed by atoms with Crippen molar-refractivity contribution in [3.63, 3.8) is 0 Å². The van der Waals surface area contributed by atoms with E-state index in [1.807, 2.05) is 0 Å². The van der Waals surface area contributed by atoms with E-state index >= 15 is 0 Å². The van der Waals surface area contributed by atoms with Gasteiger partial charge in [0.25, 0.3) is 0 Å². The molecule has 1 fully saturated rings. The molecule has 0 spiro atoms. The van der Waals surface area contributed by atoms with Crippen molar-refractivity contribution in [2.75, 3.05) is 31.1 Å². The Morgan fingerprint density at radius 1 is 1.07 bits per heavy atom. The van der Waals surface area contributed by atoms with Gasteiger partial charge in [0.05, 0.1) is 10.3 Å². The number of rotatable bonds is 4. The standard InChI is InChI=1S/C20H23ClN4O2S2/c1-4-17-22-19(18-13(2)14(3)28-20(18)23-17)24-9-11-25(12-10-24)29(26,27)16-7-5-15(21)6-8-16/h5-8H,4,9-12H2,1-3H3. The second-order valence-corrected chi connectivity index (χ2v) is 10.7. The van der Waals surface area contributed by atoms with Crippen LogP contribution < -0.4 is 4.90 Å². The summed E-state index contributed by atoms with van der Waals surface area (Å²) >= 11 is 7.59. The van der Waals surface area contributed by atoms with Crippen LogP contribution in [0.3, 0.4) is 0 Å². The normalized spacial score (nSPS) is 15.9. The summed E-state index contributed by atoms with van der Waals surface area (Å²) in [5.41, 5.74) is 1.21. The number of benzene rings is 1. The van der Waals surface area contributed by atoms with Gasteiger partial charge < -0.3 is 4.90 Å². The predicted molar refractivity (Wildman–Crippen MR) is 119 cm³/mol. The van der Waals surface area contributed by atoms with Crippen LogP contribution in [0.4, 0.5) is 5.82 Å². The lowest BCUT2D eigenvalue weighted by atomic mass is 10.2. The Morgan fingerprint density at radius 3 is 2.34 bits per heavy atom. The number of halogens is 1. The number of hydrogen-bond donors (Lipinski definition) is 0. The van der Waals surface area contributed by atoms with Crippen molar-refractivity contribution in [2.24, 2.45) is 0 Å². The molecule has 29 heavy (non-hydrogen) atoms. The van der Waals surface area contributed by atoms with Crippen LogP contribution in [-0.2, 0) is 16.4 Å². The van der Waals surface area contributed by atoms with Crippen molar-refractivity contribution in [3.8, 4) is 0 Å². The van der Waals surface area contributed by atoms with Gasteiger partial charge in [-0.3, -0.25) is 0 Å². The number of thiophene rings is 1. The summed E-state index contributed by atoms with van der Waals surface area (Å²) in [5.74, 6) is 1.75. The molecule has 1 aliphatic heterocycles. The molecule has 6 nitrogen and oxygen atoms in total. The fourth-order valence-electron chi connectivity index (χ4n) is 3.55. The number of sulfonamides is 1. The molecular weight excluding hydrogens is 428 g/mol. The minimum absolute atomic E-state index is 0.275. The van der Waals surface area contributed by atoms with Gasteiger partial charge in [0, 0.05) is 42.5 Å². The Bertz CT molecular complexity index is 1150. The lowest BCUT2D eigenvalue weighted by molar-refractivity contribution is 0.384. The molecule has 3 aromatic rings. The first kappa shape index (κ1) is 20.5. The average Bonchev–Trinajstić information content (AvgIpc) is 3.01. The largest absolute Gasteiger partial charge is 0.353 e. The molecular formula is C20H23ClN4O2S2. The van der Waals surface area contributed by atoms with Gasteiger partial charge in [-0.15, -0.1) is 11.3 Å². The van der Waals surface area contributed by atoms with E-state index in [2.05, 4.69) is 25.7 Å². The molecule has 4 rings (SSSR count). The van der Waals surface area contributed by atoms with E-state index in [9.17, 15) is 8.42 Å². The number of piperazine rings is 1. The summed E-state index contributed by atoms with van der Waals surface area (Å²) in [5, 5.41) is 1.62. The van der Waals surface area contributed by atoms with Crippen LogP contribution in [0.5, 0.6) is 0 Å². The van der Waals surface area contributed by atoms with Gasteiger partial charge in [-0.2, -0.15) is 4.31 Å². The van der Waals surface area contributed by atoms with E-state index in [1.165, 1.54) is 14.7 Å². The van der Waals surface area contributed by atoms with Crippen molar-refractivity contribution >= 4 is 49.0 Å². The lowest BCUT2D eigenvalue weighted by Gasteiger charge is -2.35. The second-order valence-electron chi connectivity index (χ2n) is 7.13. The van der Waals surface area contributed by atoms with Gasteiger partial charge >= 0.3 is 0 Å². The molecule has 0 N–H and O–H groups in total. The Balaban J connectivity index is 1.61. The topological polar surface area (TPSA) is 66.4 Å². The molecule has 0 amide bonds. The summed E-state index contributed by atoms with van der Waals surface area (Å²) in [6.45, 7) is 8.28. The monoisotopic (exact) mass is 450 g/mol. The minimum atomic E-state index is -3.53. The zero-order valence-electron chi connectivity index (χ0n) is 16.6. The molecule has 9 heteroatoms. The molecule has 154 valence electrons. The van der Waals surface area contributed by atoms with E-state index in [1.54, 1.807) is 35.6 Å². The van der Waals surface area contributed by atoms with Gasteiger partial charge in [0.15, 0.2) is 0 Å². The van der Waals surface area contributed by atoms with Gasteiger partial charge in [-0.25, -0.2) is 18.4 Å². The van der Waals surface area contributed by atoms with Crippen LogP contribution in [0.1, 0.15) is 23.2 Å². The Kier molecular flexibility index (Phi) is 5.54. The van der Waals surface area contributed by atoms with E-state index < -0.39 is 10.0 Å². The third-order valence-electron chi connectivity index (χ3n) is 5.36. The number of aromatic nitrogens is 2. The predicted octanol–water partition coefficient (Wildman–Crippen LogP) is 4.03. The number of nitrogens with zero attached hydrogens (tertiary/aromatic N) is 4. The molecule has 3 heterocycles. The quantitative estimate of drug-likeness (QED) is 0.600. The number of hydrogen-bond acceptors (Lipinski definition) is 6. The van der Waals surface area contributed by atoms with Crippen molar-refractivity contribution in [1.29, 1.82) is 0 Å². The third-order valence-corrected chi connectivity index (χ3v) is 8.63. The number of aryl methyl sites for hydroxylation is 3. The van der Waals surface area contributed by atoms with Crippen molar-refractivity contribution in [1.82, 2.24) is 14.3 Å². The lowest BCUT2D eigenvalue weighted by Crippen LogP contribution is -2.49. The van der Waals surface area contributed by atoms with Crippen LogP contribution >= 0.6 is 22.9 Å². The van der Waals surface area contributed by atoms with Crippen LogP contribution in [0.2, 0.25) is 5.02 Å². The molecule has 0 radical (unpaired) electrons. The second kappa shape index (κ2) is 7.83. The fourth-order valence-corrected chi connectivity index (χ4v) is 6.15. The van der Waals surface area contributed by atoms with Crippen molar-refractivity contribution in [3.05, 3.63) is 45.6 Å². The average molecular weight is 451 g/mol. The summed E-state index contributed by atoms with van der Waals surface area (Å²) in [7, 11) is -3.53. The van der Waals surface area contributed by atoms with Gasteiger partial charge in [-0.05, 0) is 43.7 Å². The molecule has 1 aromatic carbocycles. The highest BCUT2D eigenvalue weighted by molar-refractivity contribution is 7.89. The summed E-state index contributed by atoms with van der Waals surface area (Å²) in [4.78, 5) is 14.2. The fraction of sp³-hybridized carbons (Fsp3) is 0.400. The molecule has 1 aliphatic rings. The van der Waals surface area contributed by atoms with E-state index in [4.69, 9.17) is 21.6 Å². The first-order chi connectivity index (χ1) is 13.8. The molecule has 0 bridgehead atoms. The first-order valence-corrected chi connectivity index (χ1v) is 12.2. The maximum Gasteiger partial charge on any atom is 0.243 e. The van der Waals surface area contributed by atoms with Crippen LogP contribution in [-0.4, -0.2) is 48.9 Å². The Morgan fingerprint density at radius 2 is 1.72 bits per heavy atom. The summed E-state index contributed by atoms with van der Waals surface area (Å²) in [6, 6.07) is 6.33. The van der Waals surface area contributed by atoms with E-state index in [0.29, 0.717) is 31.2 Å². The summed E-state index contributed by atoms with van der Waals surface area (Å²) < 4.78 is 27.4. The zero-order valence-corrected chi connectivity index (χ0v) is 19.0. The smallest absolute Gasteiger partial charge is 0.243 e. The summed E-state index contributed by atoms with van der Waals surface area (Å²) in [6.07, 6.45) is 0.768. The molecule has 0 aliphatic carbocycles. The van der Waals surface area contributed by atoms with Gasteiger partial charge in [0.1, 0.15) is 16.5 Å². The molecule has 1 saturated heterocycles. The maximum atomic E-state index is 13.0. The SMILES string of the molecule is CCc1nc(N2CCN(S(=O)(=O)c3ccc(Cl)cc3)CC2)c2c(C)c(C)sc2n1. The van der Waals surface area contributed by atoms with E-state index in [0.717, 1.165) is 28.3 Å². The van der Waals surface area contributed by atoms with Crippen LogP contribution in [0, 0.1) is 13.8 Å². The Labute approximate surface area is 180 Å². The van der Waals surface area contributed by atoms with Gasteiger partial charge in [0.2, 0.25) is 10.0 Å². The highest BCUT2D eigenvalue weighted by Crippen LogP contribution is 2.35. The minimum Gasteiger partial charge on any atom is -0.353 e. The third kappa shape index (κ3) is 3.74. The van der Waals surface area contributed by atoms with Crippen molar-refractivity contribution < 1.29 is 8.42 Å². The highest BCUT2D eigenvalue weighted by atomic mass is 35.5. The maximum absolute atomic E-state index is 13.0. The molecule has 2 aromatic heterocycles. The van der Waals surface area contributed by atoms with Gasteiger partial charge in [-0.1, -0.05) is 18.5 Å². The van der Waals surface area contributed by atoms with Crippen LogP contribution in [0.25, 0.3) is 10.2 Å². The number of anilines is 1. The highest BCUT2D eigenvalue weighted by Gasteiger charge is 2.30. The molecule has 0 unspecified atom stereocenters. The number of fused-ring (bicyclic) bond motifs is 1. The molecule has 0 atom stereocenters. The van der Waals surface area contributed by atoms with E-state index in [-0.39, 0.29) is 4.90 Å². The molecule has 0 saturated carbocycles. The van der Waals surface area contributed by atoms with Crippen LogP contribution in [0.15, 0.2) is 29.2 Å². The zero-order chi connectivity index (χ0) is 20.8.